The molecular formula is C47H93N2+. The van der Waals surface area contributed by atoms with Crippen molar-refractivity contribution >= 4 is 0 Å². The molecule has 1 aromatic heterocycles. The van der Waals surface area contributed by atoms with E-state index in [1.807, 2.05) is 0 Å². The second kappa shape index (κ2) is 38.4. The highest BCUT2D eigenvalue weighted by atomic mass is 15.1. The van der Waals surface area contributed by atoms with Crippen LogP contribution in [0.3, 0.4) is 0 Å². The number of hydrogen-bond donors (Lipinski definition) is 0. The highest BCUT2D eigenvalue weighted by molar-refractivity contribution is 4.84. The molecule has 2 nitrogen and oxygen atoms in total. The lowest BCUT2D eigenvalue weighted by molar-refractivity contribution is -0.704. The zero-order chi connectivity index (χ0) is 35.1. The summed E-state index contributed by atoms with van der Waals surface area (Å²) in [7, 11) is 0. The van der Waals surface area contributed by atoms with Gasteiger partial charge in [-0.1, -0.05) is 233 Å². The van der Waals surface area contributed by atoms with Crippen molar-refractivity contribution in [3.8, 4) is 0 Å². The molecule has 0 N–H and O–H groups in total. The maximum absolute atomic E-state index is 2.65. The average molecular weight is 686 g/mol. The van der Waals surface area contributed by atoms with E-state index in [0.717, 1.165) is 0 Å². The third-order valence-corrected chi connectivity index (χ3v) is 11.3. The number of rotatable bonds is 41. The number of nitrogens with zero attached hydrogens (tertiary/aromatic N) is 2. The van der Waals surface area contributed by atoms with Crippen LogP contribution in [0.15, 0.2) is 12.4 Å². The lowest BCUT2D eigenvalue weighted by Crippen LogP contribution is -2.37. The monoisotopic (exact) mass is 686 g/mol. The van der Waals surface area contributed by atoms with Crippen molar-refractivity contribution < 1.29 is 4.57 Å². The van der Waals surface area contributed by atoms with Gasteiger partial charge in [0.15, 0.2) is 0 Å². The van der Waals surface area contributed by atoms with Crippen LogP contribution >= 0.6 is 0 Å². The summed E-state index contributed by atoms with van der Waals surface area (Å²) in [5, 5.41) is 0. The summed E-state index contributed by atoms with van der Waals surface area (Å²) >= 11 is 0. The van der Waals surface area contributed by atoms with Gasteiger partial charge in [-0.05, 0) is 32.1 Å². The zero-order valence-electron chi connectivity index (χ0n) is 34.5. The summed E-state index contributed by atoms with van der Waals surface area (Å²) < 4.78 is 5.30. The molecule has 0 fully saturated rings. The molecular weight excluding hydrogens is 593 g/mol. The van der Waals surface area contributed by atoms with Gasteiger partial charge in [0, 0.05) is 6.42 Å². The number of aromatic nitrogens is 2. The Morgan fingerprint density at radius 3 is 0.980 bits per heavy atom. The summed E-state index contributed by atoms with van der Waals surface area (Å²) in [6.07, 6.45) is 60.8. The Morgan fingerprint density at radius 2 is 0.633 bits per heavy atom. The molecule has 1 rings (SSSR count). The van der Waals surface area contributed by atoms with Crippen molar-refractivity contribution in [2.75, 3.05) is 0 Å². The third kappa shape index (κ3) is 30.5. The van der Waals surface area contributed by atoms with E-state index in [9.17, 15) is 0 Å². The quantitative estimate of drug-likeness (QED) is 0.0479. The van der Waals surface area contributed by atoms with Gasteiger partial charge in [0.05, 0.1) is 13.1 Å². The van der Waals surface area contributed by atoms with Crippen molar-refractivity contribution in [1.82, 2.24) is 4.57 Å². The molecule has 2 heteroatoms. The zero-order valence-corrected chi connectivity index (χ0v) is 34.5. The molecule has 0 aliphatic heterocycles. The predicted octanol–water partition coefficient (Wildman–Crippen LogP) is 16.2. The molecule has 1 heterocycles. The van der Waals surface area contributed by atoms with E-state index in [1.165, 1.54) is 264 Å². The highest BCUT2D eigenvalue weighted by Crippen LogP contribution is 2.16. The van der Waals surface area contributed by atoms with Crippen LogP contribution in [0.5, 0.6) is 0 Å². The molecule has 0 radical (unpaired) electrons. The minimum Gasteiger partial charge on any atom is -0.234 e. The van der Waals surface area contributed by atoms with Crippen LogP contribution in [0.1, 0.15) is 271 Å². The van der Waals surface area contributed by atoms with Gasteiger partial charge in [-0.25, -0.2) is 9.13 Å². The first-order valence-corrected chi connectivity index (χ1v) is 23.4. The summed E-state index contributed by atoms with van der Waals surface area (Å²) in [6.45, 7) is 9.41. The minimum atomic E-state index is 1.23. The van der Waals surface area contributed by atoms with Gasteiger partial charge in [0.25, 0.3) is 5.82 Å². The van der Waals surface area contributed by atoms with Gasteiger partial charge in [0.1, 0.15) is 12.4 Å². The van der Waals surface area contributed by atoms with Gasteiger partial charge in [0.2, 0.25) is 0 Å². The average Bonchev–Trinajstić information content (AvgIpc) is 3.50. The Morgan fingerprint density at radius 1 is 0.347 bits per heavy atom. The topological polar surface area (TPSA) is 8.81 Å². The van der Waals surface area contributed by atoms with E-state index in [4.69, 9.17) is 0 Å². The molecule has 0 unspecified atom stereocenters. The van der Waals surface area contributed by atoms with Gasteiger partial charge < -0.3 is 0 Å². The molecule has 0 amide bonds. The molecule has 290 valence electrons. The van der Waals surface area contributed by atoms with E-state index in [-0.39, 0.29) is 0 Å². The van der Waals surface area contributed by atoms with Gasteiger partial charge >= 0.3 is 0 Å². The van der Waals surface area contributed by atoms with Crippen molar-refractivity contribution in [1.29, 1.82) is 0 Å². The van der Waals surface area contributed by atoms with E-state index < -0.39 is 0 Å². The first-order valence-electron chi connectivity index (χ1n) is 23.4. The van der Waals surface area contributed by atoms with Gasteiger partial charge in [-0.2, -0.15) is 0 Å². The molecule has 49 heavy (non-hydrogen) atoms. The molecule has 0 saturated carbocycles. The van der Waals surface area contributed by atoms with Crippen molar-refractivity contribution in [3.05, 3.63) is 18.2 Å². The van der Waals surface area contributed by atoms with Crippen LogP contribution in [0.2, 0.25) is 0 Å². The molecule has 0 aliphatic carbocycles. The summed E-state index contributed by atoms with van der Waals surface area (Å²) in [6, 6.07) is 0. The molecule has 0 atom stereocenters. The van der Waals surface area contributed by atoms with Crippen molar-refractivity contribution in [3.63, 3.8) is 0 Å². The summed E-state index contributed by atoms with van der Waals surface area (Å²) in [4.78, 5) is 0. The van der Waals surface area contributed by atoms with Crippen LogP contribution in [0, 0.1) is 0 Å². The van der Waals surface area contributed by atoms with E-state index in [0.29, 0.717) is 0 Å². The number of unbranched alkanes of at least 4 members (excludes halogenated alkanes) is 35. The second-order valence-corrected chi connectivity index (χ2v) is 16.2. The van der Waals surface area contributed by atoms with Crippen LogP contribution < -0.4 is 4.57 Å². The van der Waals surface area contributed by atoms with Crippen LogP contribution in [-0.4, -0.2) is 4.57 Å². The SMILES string of the molecule is CCCCCCCCCCCCCCCCCCc1n(CCCCCCCCCCCCC)cc[n+]1CCCCCCCCCCCCC. The van der Waals surface area contributed by atoms with Gasteiger partial charge in [-0.15, -0.1) is 0 Å². The van der Waals surface area contributed by atoms with Crippen LogP contribution in [0.25, 0.3) is 0 Å². The standard InChI is InChI=1S/C47H93N2/c1-4-7-10-13-16-19-22-23-24-25-26-27-30-33-36-39-42-47-48(43-40-37-34-31-28-20-17-14-11-8-5-2)45-46-49(47)44-41-38-35-32-29-21-18-15-12-9-6-3/h45-46H,4-44H2,1-3H3/q+1. The summed E-state index contributed by atoms with van der Waals surface area (Å²) in [5.74, 6) is 1.63. The molecule has 0 aliphatic rings. The predicted molar refractivity (Wildman–Crippen MR) is 221 cm³/mol. The largest absolute Gasteiger partial charge is 0.256 e. The Labute approximate surface area is 310 Å². The normalized spacial score (nSPS) is 11.7. The Balaban J connectivity index is 2.26. The van der Waals surface area contributed by atoms with Crippen molar-refractivity contribution in [2.24, 2.45) is 0 Å². The van der Waals surface area contributed by atoms with Crippen LogP contribution in [0.4, 0.5) is 0 Å². The smallest absolute Gasteiger partial charge is 0.234 e. The summed E-state index contributed by atoms with van der Waals surface area (Å²) in [5.41, 5.74) is 0. The lowest BCUT2D eigenvalue weighted by atomic mass is 10.0. The van der Waals surface area contributed by atoms with Gasteiger partial charge in [-0.3, -0.25) is 0 Å². The molecule has 0 aromatic carbocycles. The van der Waals surface area contributed by atoms with Crippen LogP contribution in [-0.2, 0) is 19.5 Å². The number of hydrogen-bond acceptors (Lipinski definition) is 0. The minimum absolute atomic E-state index is 1.23. The fourth-order valence-corrected chi connectivity index (χ4v) is 7.92. The maximum atomic E-state index is 2.65. The Bertz CT molecular complexity index is 708. The first kappa shape index (κ1) is 46.2. The first-order chi connectivity index (χ1) is 24.3. The van der Waals surface area contributed by atoms with E-state index in [1.54, 1.807) is 5.82 Å². The second-order valence-electron chi connectivity index (χ2n) is 16.2. The maximum Gasteiger partial charge on any atom is 0.256 e. The molecule has 0 saturated heterocycles. The fraction of sp³-hybridized carbons (Fsp3) is 0.936. The van der Waals surface area contributed by atoms with E-state index in [2.05, 4.69) is 42.3 Å². The number of aryl methyl sites for hydroxylation is 2. The third-order valence-electron chi connectivity index (χ3n) is 11.3. The molecule has 1 aromatic rings. The fourth-order valence-electron chi connectivity index (χ4n) is 7.92. The molecule has 0 bridgehead atoms. The highest BCUT2D eigenvalue weighted by Gasteiger charge is 2.16. The van der Waals surface area contributed by atoms with E-state index >= 15 is 0 Å². The lowest BCUT2D eigenvalue weighted by Gasteiger charge is -2.07. The Kier molecular flexibility index (Phi) is 36.3. The molecule has 0 spiro atoms. The Hall–Kier alpha value is -0.790. The number of imidazole rings is 1. The van der Waals surface area contributed by atoms with Crippen molar-refractivity contribution in [2.45, 2.75) is 284 Å².